The normalized spacial score (nSPS) is 12.6. The van der Waals surface area contributed by atoms with E-state index in [1.807, 2.05) is 38.1 Å². The SMILES string of the molecule is CN(C)CCN/C=C\C(=N)Nc1ncc2c(n1)-c1c(nn(C)c1Cc1ccccc1)CC2. The molecule has 0 saturated carbocycles. The molecular formula is C24H30N8. The second kappa shape index (κ2) is 9.74. The summed E-state index contributed by atoms with van der Waals surface area (Å²) in [5, 5.41) is 19.1. The van der Waals surface area contributed by atoms with Crippen LogP contribution < -0.4 is 10.6 Å². The standard InChI is InChI=1S/C24H30N8/c1-31(2)14-13-26-12-11-21(25)28-24-27-16-18-9-10-19-22(23(18)29-24)20(32(3)30-19)15-17-7-5-4-6-8-17/h4-8,11-12,16,26H,9-10,13-15H2,1-3H3,(H2,25,27,28,29)/b12-11-. The minimum absolute atomic E-state index is 0.231. The van der Waals surface area contributed by atoms with Crippen LogP contribution in [-0.2, 0) is 26.3 Å². The summed E-state index contributed by atoms with van der Waals surface area (Å²) in [6.45, 7) is 1.75. The molecule has 0 amide bonds. The molecule has 0 atom stereocenters. The van der Waals surface area contributed by atoms with E-state index in [1.165, 1.54) is 5.56 Å². The van der Waals surface area contributed by atoms with Crippen molar-refractivity contribution in [1.82, 2.24) is 30.0 Å². The van der Waals surface area contributed by atoms with Crippen molar-refractivity contribution in [3.63, 3.8) is 0 Å². The number of fused-ring (bicyclic) bond motifs is 3. The van der Waals surface area contributed by atoms with E-state index in [0.29, 0.717) is 5.95 Å². The molecule has 3 N–H and O–H groups in total. The van der Waals surface area contributed by atoms with Crippen molar-refractivity contribution in [3.8, 4) is 11.3 Å². The maximum absolute atomic E-state index is 8.18. The van der Waals surface area contributed by atoms with Crippen molar-refractivity contribution < 1.29 is 0 Å². The summed E-state index contributed by atoms with van der Waals surface area (Å²) in [6, 6.07) is 10.4. The fourth-order valence-corrected chi connectivity index (χ4v) is 3.86. The average molecular weight is 431 g/mol. The van der Waals surface area contributed by atoms with Gasteiger partial charge in [0.15, 0.2) is 0 Å². The van der Waals surface area contributed by atoms with Gasteiger partial charge in [0, 0.05) is 44.5 Å². The summed E-state index contributed by atoms with van der Waals surface area (Å²) in [7, 11) is 6.06. The van der Waals surface area contributed by atoms with Crippen LogP contribution in [0.4, 0.5) is 5.95 Å². The number of hydrogen-bond acceptors (Lipinski definition) is 6. The van der Waals surface area contributed by atoms with Crippen LogP contribution in [-0.4, -0.2) is 57.7 Å². The van der Waals surface area contributed by atoms with E-state index in [4.69, 9.17) is 15.5 Å². The first-order valence-corrected chi connectivity index (χ1v) is 10.9. The third-order valence-corrected chi connectivity index (χ3v) is 5.50. The van der Waals surface area contributed by atoms with Crippen LogP contribution in [0.3, 0.4) is 0 Å². The van der Waals surface area contributed by atoms with Crippen LogP contribution in [0.5, 0.6) is 0 Å². The summed E-state index contributed by atoms with van der Waals surface area (Å²) in [5.41, 5.74) is 6.62. The molecule has 2 heterocycles. The smallest absolute Gasteiger partial charge is 0.228 e. The average Bonchev–Trinajstić information content (AvgIpc) is 3.09. The summed E-state index contributed by atoms with van der Waals surface area (Å²) in [5.74, 6) is 0.656. The Hall–Kier alpha value is -3.52. The Morgan fingerprint density at radius 2 is 2.03 bits per heavy atom. The number of aromatic nitrogens is 4. The van der Waals surface area contributed by atoms with E-state index >= 15 is 0 Å². The third-order valence-electron chi connectivity index (χ3n) is 5.50. The predicted molar refractivity (Wildman–Crippen MR) is 128 cm³/mol. The molecule has 166 valence electrons. The lowest BCUT2D eigenvalue weighted by Gasteiger charge is -2.17. The molecule has 8 heteroatoms. The largest absolute Gasteiger partial charge is 0.389 e. The first kappa shape index (κ1) is 21.7. The van der Waals surface area contributed by atoms with Gasteiger partial charge in [-0.05, 0) is 44.1 Å². The first-order valence-electron chi connectivity index (χ1n) is 10.9. The zero-order valence-corrected chi connectivity index (χ0v) is 18.9. The highest BCUT2D eigenvalue weighted by Crippen LogP contribution is 2.35. The number of hydrogen-bond donors (Lipinski definition) is 3. The molecule has 32 heavy (non-hydrogen) atoms. The summed E-state index contributed by atoms with van der Waals surface area (Å²) < 4.78 is 1.98. The van der Waals surface area contributed by atoms with Crippen molar-refractivity contribution in [2.45, 2.75) is 19.3 Å². The number of amidine groups is 1. The highest BCUT2D eigenvalue weighted by atomic mass is 15.3. The zero-order chi connectivity index (χ0) is 22.5. The molecule has 1 aliphatic rings. The topological polar surface area (TPSA) is 94.8 Å². The van der Waals surface area contributed by atoms with E-state index in [1.54, 1.807) is 12.3 Å². The molecule has 1 aliphatic carbocycles. The fourth-order valence-electron chi connectivity index (χ4n) is 3.86. The Labute approximate surface area is 188 Å². The molecule has 2 aromatic heterocycles. The summed E-state index contributed by atoms with van der Waals surface area (Å²) in [4.78, 5) is 11.3. The maximum atomic E-state index is 8.18. The lowest BCUT2D eigenvalue weighted by atomic mass is 9.91. The van der Waals surface area contributed by atoms with Crippen molar-refractivity contribution in [1.29, 1.82) is 5.41 Å². The molecule has 0 radical (unpaired) electrons. The Morgan fingerprint density at radius 1 is 1.22 bits per heavy atom. The van der Waals surface area contributed by atoms with Gasteiger partial charge in [0.1, 0.15) is 5.84 Å². The van der Waals surface area contributed by atoms with Gasteiger partial charge in [-0.25, -0.2) is 9.97 Å². The Bertz CT molecular complexity index is 1110. The molecule has 0 unspecified atom stereocenters. The van der Waals surface area contributed by atoms with Crippen LogP contribution in [0.25, 0.3) is 11.3 Å². The van der Waals surface area contributed by atoms with Gasteiger partial charge in [-0.3, -0.25) is 10.1 Å². The lowest BCUT2D eigenvalue weighted by Crippen LogP contribution is -2.23. The Morgan fingerprint density at radius 3 is 2.81 bits per heavy atom. The quantitative estimate of drug-likeness (QED) is 0.289. The molecule has 0 spiro atoms. The number of likely N-dealkylation sites (N-methyl/N-ethyl adjacent to an activating group) is 1. The Kier molecular flexibility index (Phi) is 6.61. The summed E-state index contributed by atoms with van der Waals surface area (Å²) >= 11 is 0. The molecule has 0 bridgehead atoms. The number of anilines is 1. The van der Waals surface area contributed by atoms with E-state index < -0.39 is 0 Å². The third kappa shape index (κ3) is 5.03. The van der Waals surface area contributed by atoms with Crippen LogP contribution in [0, 0.1) is 5.41 Å². The van der Waals surface area contributed by atoms with E-state index in [-0.39, 0.29) is 5.84 Å². The van der Waals surface area contributed by atoms with Crippen molar-refractivity contribution in [2.24, 2.45) is 7.05 Å². The number of aryl methyl sites for hydroxylation is 3. The van der Waals surface area contributed by atoms with E-state index in [2.05, 4.69) is 44.8 Å². The van der Waals surface area contributed by atoms with Gasteiger partial charge in [-0.2, -0.15) is 5.10 Å². The van der Waals surface area contributed by atoms with Gasteiger partial charge in [-0.1, -0.05) is 30.3 Å². The van der Waals surface area contributed by atoms with Crippen LogP contribution in [0.15, 0.2) is 48.8 Å². The van der Waals surface area contributed by atoms with Gasteiger partial charge in [0.25, 0.3) is 0 Å². The number of nitrogens with one attached hydrogen (secondary N) is 3. The van der Waals surface area contributed by atoms with Crippen LogP contribution in [0.1, 0.15) is 22.5 Å². The van der Waals surface area contributed by atoms with Gasteiger partial charge < -0.3 is 15.5 Å². The van der Waals surface area contributed by atoms with Gasteiger partial charge in [-0.15, -0.1) is 0 Å². The molecular weight excluding hydrogens is 400 g/mol. The molecule has 8 nitrogen and oxygen atoms in total. The molecule has 0 aliphatic heterocycles. The highest BCUT2D eigenvalue weighted by Gasteiger charge is 2.26. The molecule has 0 saturated heterocycles. The maximum Gasteiger partial charge on any atom is 0.228 e. The molecule has 1 aromatic carbocycles. The van der Waals surface area contributed by atoms with Gasteiger partial charge in [0.05, 0.1) is 17.1 Å². The first-order chi connectivity index (χ1) is 15.5. The van der Waals surface area contributed by atoms with Crippen molar-refractivity contribution >= 4 is 11.8 Å². The second-order valence-electron chi connectivity index (χ2n) is 8.25. The van der Waals surface area contributed by atoms with E-state index in [9.17, 15) is 0 Å². The summed E-state index contributed by atoms with van der Waals surface area (Å²) in [6.07, 6.45) is 7.88. The molecule has 3 aromatic rings. The van der Waals surface area contributed by atoms with Gasteiger partial charge in [0.2, 0.25) is 5.95 Å². The van der Waals surface area contributed by atoms with Crippen molar-refractivity contribution in [3.05, 3.63) is 71.3 Å². The minimum atomic E-state index is 0.231. The van der Waals surface area contributed by atoms with Crippen molar-refractivity contribution in [2.75, 3.05) is 32.5 Å². The number of rotatable bonds is 8. The fraction of sp³-hybridized carbons (Fsp3) is 0.333. The van der Waals surface area contributed by atoms with Crippen LogP contribution >= 0.6 is 0 Å². The minimum Gasteiger partial charge on any atom is -0.389 e. The molecule has 4 rings (SSSR count). The van der Waals surface area contributed by atoms with E-state index in [0.717, 1.165) is 60.6 Å². The second-order valence-corrected chi connectivity index (χ2v) is 8.25. The Balaban J connectivity index is 1.53. The number of benzene rings is 1. The van der Waals surface area contributed by atoms with Gasteiger partial charge >= 0.3 is 0 Å². The molecule has 0 fully saturated rings. The lowest BCUT2D eigenvalue weighted by molar-refractivity contribution is 0.410. The highest BCUT2D eigenvalue weighted by molar-refractivity contribution is 6.00. The number of nitrogens with zero attached hydrogens (tertiary/aromatic N) is 5. The monoisotopic (exact) mass is 430 g/mol. The predicted octanol–water partition coefficient (Wildman–Crippen LogP) is 2.62. The van der Waals surface area contributed by atoms with Crippen LogP contribution in [0.2, 0.25) is 0 Å². The zero-order valence-electron chi connectivity index (χ0n) is 18.9.